The molecule has 0 aromatic rings. The molecule has 0 saturated carbocycles. The molecule has 1 unspecified atom stereocenters. The number of carbonyl (C=O) groups excluding carboxylic acids is 2. The van der Waals surface area contributed by atoms with E-state index in [0.29, 0.717) is 12.5 Å². The third kappa shape index (κ3) is 9.70. The molecule has 0 aliphatic carbocycles. The van der Waals surface area contributed by atoms with Crippen molar-refractivity contribution in [3.8, 4) is 0 Å². The highest BCUT2D eigenvalue weighted by Crippen LogP contribution is 2.14. The molecule has 0 aliphatic rings. The van der Waals surface area contributed by atoms with Crippen LogP contribution >= 0.6 is 0 Å². The van der Waals surface area contributed by atoms with Crippen LogP contribution in [0.15, 0.2) is 0 Å². The van der Waals surface area contributed by atoms with Gasteiger partial charge in [-0.1, -0.05) is 13.8 Å². The summed E-state index contributed by atoms with van der Waals surface area (Å²) in [6, 6.07) is -0.321. The van der Waals surface area contributed by atoms with Crippen LogP contribution in [0.4, 0.5) is 4.79 Å². The van der Waals surface area contributed by atoms with Gasteiger partial charge in [0.05, 0.1) is 13.5 Å². The van der Waals surface area contributed by atoms with Crippen LogP contribution in [0.5, 0.6) is 0 Å². The smallest absolute Gasteiger partial charge is 0.317 e. The Kier molecular flexibility index (Phi) is 9.16. The average molecular weight is 302 g/mol. The summed E-state index contributed by atoms with van der Waals surface area (Å²) >= 11 is 0. The van der Waals surface area contributed by atoms with Crippen LogP contribution in [0.1, 0.15) is 33.1 Å². The van der Waals surface area contributed by atoms with E-state index in [9.17, 15) is 14.4 Å². The van der Waals surface area contributed by atoms with E-state index < -0.39 is 5.97 Å². The zero-order valence-corrected chi connectivity index (χ0v) is 13.2. The van der Waals surface area contributed by atoms with E-state index in [4.69, 9.17) is 5.11 Å². The van der Waals surface area contributed by atoms with Crippen LogP contribution < -0.4 is 5.32 Å². The number of esters is 1. The largest absolute Gasteiger partial charge is 0.481 e. The van der Waals surface area contributed by atoms with Gasteiger partial charge < -0.3 is 20.1 Å². The van der Waals surface area contributed by atoms with Crippen molar-refractivity contribution in [3.63, 3.8) is 0 Å². The molecule has 7 nitrogen and oxygen atoms in total. The van der Waals surface area contributed by atoms with Crippen LogP contribution in [0.25, 0.3) is 0 Å². The summed E-state index contributed by atoms with van der Waals surface area (Å²) in [7, 11) is 2.87. The van der Waals surface area contributed by atoms with E-state index in [1.807, 2.05) is 13.8 Å². The average Bonchev–Trinajstić information content (AvgIpc) is 2.39. The van der Waals surface area contributed by atoms with E-state index >= 15 is 0 Å². The van der Waals surface area contributed by atoms with Crippen LogP contribution in [0.3, 0.4) is 0 Å². The molecule has 0 heterocycles. The lowest BCUT2D eigenvalue weighted by Crippen LogP contribution is -2.41. The van der Waals surface area contributed by atoms with Gasteiger partial charge in [0.1, 0.15) is 0 Å². The Labute approximate surface area is 125 Å². The molecule has 0 radical (unpaired) electrons. The molecule has 0 rings (SSSR count). The fourth-order valence-corrected chi connectivity index (χ4v) is 1.98. The molecule has 7 heteroatoms. The zero-order chi connectivity index (χ0) is 16.4. The van der Waals surface area contributed by atoms with Crippen molar-refractivity contribution in [1.82, 2.24) is 10.2 Å². The van der Waals surface area contributed by atoms with Gasteiger partial charge >= 0.3 is 18.0 Å². The number of hydrogen-bond acceptors (Lipinski definition) is 4. The fourth-order valence-electron chi connectivity index (χ4n) is 1.98. The molecule has 0 bridgehead atoms. The van der Waals surface area contributed by atoms with Gasteiger partial charge in [-0.25, -0.2) is 4.79 Å². The van der Waals surface area contributed by atoms with Crippen molar-refractivity contribution in [3.05, 3.63) is 0 Å². The Morgan fingerprint density at radius 1 is 1.29 bits per heavy atom. The van der Waals surface area contributed by atoms with E-state index in [0.717, 1.165) is 6.42 Å². The molecule has 0 saturated heterocycles. The van der Waals surface area contributed by atoms with Gasteiger partial charge in [-0.3, -0.25) is 9.59 Å². The Balaban J connectivity index is 4.21. The molecule has 0 fully saturated rings. The summed E-state index contributed by atoms with van der Waals surface area (Å²) in [6.45, 7) is 4.59. The maximum atomic E-state index is 11.8. The number of nitrogens with zero attached hydrogens (tertiary/aromatic N) is 1. The second-order valence-corrected chi connectivity index (χ2v) is 5.53. The Bertz CT molecular complexity index is 357. The van der Waals surface area contributed by atoms with Crippen molar-refractivity contribution in [1.29, 1.82) is 0 Å². The minimum absolute atomic E-state index is 0.0321. The highest BCUT2D eigenvalue weighted by Gasteiger charge is 2.17. The minimum atomic E-state index is -0.867. The fraction of sp³-hybridized carbons (Fsp3) is 0.786. The zero-order valence-electron chi connectivity index (χ0n) is 13.2. The molecule has 21 heavy (non-hydrogen) atoms. The quantitative estimate of drug-likeness (QED) is 0.626. The number of nitrogens with one attached hydrogen (secondary N) is 1. The van der Waals surface area contributed by atoms with Crippen LogP contribution in [-0.4, -0.2) is 55.2 Å². The molecule has 0 spiro atoms. The molecule has 0 aromatic carbocycles. The Hall–Kier alpha value is -1.79. The number of carbonyl (C=O) groups is 3. The normalized spacial score (nSPS) is 11.9. The van der Waals surface area contributed by atoms with Crippen molar-refractivity contribution in [2.45, 2.75) is 33.1 Å². The highest BCUT2D eigenvalue weighted by atomic mass is 16.5. The molecule has 1 atom stereocenters. The molecular weight excluding hydrogens is 276 g/mol. The maximum Gasteiger partial charge on any atom is 0.317 e. The maximum absolute atomic E-state index is 11.8. The van der Waals surface area contributed by atoms with Crippen LogP contribution in [0.2, 0.25) is 0 Å². The van der Waals surface area contributed by atoms with Gasteiger partial charge in [0, 0.05) is 26.6 Å². The second-order valence-electron chi connectivity index (χ2n) is 5.53. The number of amides is 2. The van der Waals surface area contributed by atoms with E-state index in [-0.39, 0.29) is 37.3 Å². The van der Waals surface area contributed by atoms with Crippen molar-refractivity contribution >= 4 is 18.0 Å². The predicted molar refractivity (Wildman–Crippen MR) is 77.9 cm³/mol. The lowest BCUT2D eigenvalue weighted by Gasteiger charge is -2.21. The van der Waals surface area contributed by atoms with E-state index in [1.54, 1.807) is 7.05 Å². The first-order valence-corrected chi connectivity index (χ1v) is 7.03. The SMILES string of the molecule is COC(=O)CCN(C)C(=O)NCC(CC(=O)O)CC(C)C. The molecule has 2 amide bonds. The first kappa shape index (κ1) is 19.2. The third-order valence-electron chi connectivity index (χ3n) is 3.04. The molecule has 0 aromatic heterocycles. The number of hydrogen-bond donors (Lipinski definition) is 2. The summed E-state index contributed by atoms with van der Waals surface area (Å²) in [5.41, 5.74) is 0. The molecule has 2 N–H and O–H groups in total. The molecule has 122 valence electrons. The first-order valence-electron chi connectivity index (χ1n) is 7.03. The number of aliphatic carboxylic acids is 1. The predicted octanol–water partition coefficient (Wildman–Crippen LogP) is 1.33. The van der Waals surface area contributed by atoms with Gasteiger partial charge in [-0.2, -0.15) is 0 Å². The minimum Gasteiger partial charge on any atom is -0.481 e. The molecular formula is C14H26N2O5. The Morgan fingerprint density at radius 2 is 1.90 bits per heavy atom. The van der Waals surface area contributed by atoms with Crippen LogP contribution in [0, 0.1) is 11.8 Å². The first-order chi connectivity index (χ1) is 9.76. The second kappa shape index (κ2) is 10.0. The van der Waals surface area contributed by atoms with Gasteiger partial charge in [0.15, 0.2) is 0 Å². The summed E-state index contributed by atoms with van der Waals surface area (Å²) in [5.74, 6) is -0.976. The van der Waals surface area contributed by atoms with Crippen molar-refractivity contribution < 1.29 is 24.2 Å². The number of urea groups is 1. The van der Waals surface area contributed by atoms with Gasteiger partial charge in [-0.05, 0) is 18.3 Å². The van der Waals surface area contributed by atoms with Gasteiger partial charge in [0.2, 0.25) is 0 Å². The van der Waals surface area contributed by atoms with Crippen LogP contribution in [-0.2, 0) is 14.3 Å². The number of ether oxygens (including phenoxy) is 1. The summed E-state index contributed by atoms with van der Waals surface area (Å²) in [4.78, 5) is 35.0. The van der Waals surface area contributed by atoms with Gasteiger partial charge in [0.25, 0.3) is 0 Å². The van der Waals surface area contributed by atoms with Crippen molar-refractivity contribution in [2.75, 3.05) is 27.2 Å². The van der Waals surface area contributed by atoms with E-state index in [2.05, 4.69) is 10.1 Å². The topological polar surface area (TPSA) is 95.9 Å². The van der Waals surface area contributed by atoms with E-state index in [1.165, 1.54) is 12.0 Å². The Morgan fingerprint density at radius 3 is 2.38 bits per heavy atom. The summed E-state index contributed by atoms with van der Waals surface area (Å²) < 4.78 is 4.50. The number of carboxylic acids is 1. The monoisotopic (exact) mass is 302 g/mol. The molecule has 0 aliphatic heterocycles. The lowest BCUT2D eigenvalue weighted by atomic mass is 9.94. The van der Waals surface area contributed by atoms with Crippen molar-refractivity contribution in [2.24, 2.45) is 11.8 Å². The highest BCUT2D eigenvalue weighted by molar-refractivity contribution is 5.75. The standard InChI is InChI=1S/C14H26N2O5/c1-10(2)7-11(8-12(17)18)9-15-14(20)16(3)6-5-13(19)21-4/h10-11H,5-9H2,1-4H3,(H,15,20)(H,17,18). The van der Waals surface area contributed by atoms with Gasteiger partial charge in [-0.15, -0.1) is 0 Å². The summed E-state index contributed by atoms with van der Waals surface area (Å²) in [5, 5.41) is 11.6. The third-order valence-corrected chi connectivity index (χ3v) is 3.04. The number of rotatable bonds is 9. The number of methoxy groups -OCH3 is 1. The lowest BCUT2D eigenvalue weighted by molar-refractivity contribution is -0.141. The summed E-state index contributed by atoms with van der Waals surface area (Å²) in [6.07, 6.45) is 0.897. The number of carboxylic acid groups (broad SMARTS) is 1.